The Bertz CT molecular complexity index is 1290. The van der Waals surface area contributed by atoms with Gasteiger partial charge in [0.15, 0.2) is 5.82 Å². The van der Waals surface area contributed by atoms with Crippen LogP contribution in [0.15, 0.2) is 60.9 Å². The van der Waals surface area contributed by atoms with E-state index in [0.717, 1.165) is 24.0 Å². The maximum absolute atomic E-state index is 15.6. The lowest BCUT2D eigenvalue weighted by molar-refractivity contribution is -0.119. The third-order valence-electron chi connectivity index (χ3n) is 6.93. The van der Waals surface area contributed by atoms with Crippen LogP contribution in [0.4, 0.5) is 21.5 Å². The summed E-state index contributed by atoms with van der Waals surface area (Å²) >= 11 is 0. The summed E-state index contributed by atoms with van der Waals surface area (Å²) in [7, 11) is 1.61. The molecule has 2 atom stereocenters. The molecule has 3 heterocycles. The van der Waals surface area contributed by atoms with Gasteiger partial charge in [-0.2, -0.15) is 0 Å². The second-order valence-electron chi connectivity index (χ2n) is 8.96. The molecule has 166 valence electrons. The molecule has 2 aliphatic heterocycles. The number of benzene rings is 2. The fourth-order valence-electron chi connectivity index (χ4n) is 5.27. The van der Waals surface area contributed by atoms with Crippen LogP contribution >= 0.6 is 0 Å². The van der Waals surface area contributed by atoms with Crippen molar-refractivity contribution in [1.82, 2.24) is 4.98 Å². The number of hydrogen-bond donors (Lipinski definition) is 0. The van der Waals surface area contributed by atoms with E-state index in [2.05, 4.69) is 4.98 Å². The van der Waals surface area contributed by atoms with Gasteiger partial charge in [0.2, 0.25) is 5.91 Å². The van der Waals surface area contributed by atoms with Gasteiger partial charge >= 0.3 is 0 Å². The standard InChI is InChI=1S/C26H23FN4O2/c1-15-25(32)29(2)24-21(27)12-18(13-22(24)30(15)17-9-10-17)31-23(16-6-5-11-28-14-16)19-7-3-4-8-20(19)26(31)33/h3-8,11-15,17,23H,9-10H2,1-2H3. The van der Waals surface area contributed by atoms with E-state index < -0.39 is 11.9 Å². The fourth-order valence-corrected chi connectivity index (χ4v) is 5.27. The monoisotopic (exact) mass is 442 g/mol. The average Bonchev–Trinajstić information content (AvgIpc) is 3.61. The molecule has 2 unspecified atom stereocenters. The van der Waals surface area contributed by atoms with E-state index in [9.17, 15) is 9.59 Å². The van der Waals surface area contributed by atoms with Crippen LogP contribution in [-0.2, 0) is 4.79 Å². The molecule has 2 amide bonds. The summed E-state index contributed by atoms with van der Waals surface area (Å²) in [6, 6.07) is 13.9. The summed E-state index contributed by atoms with van der Waals surface area (Å²) in [6.07, 6.45) is 5.38. The number of pyridine rings is 1. The lowest BCUT2D eigenvalue weighted by Crippen LogP contribution is -2.52. The average molecular weight is 442 g/mol. The third kappa shape index (κ3) is 2.88. The van der Waals surface area contributed by atoms with Crippen molar-refractivity contribution in [1.29, 1.82) is 0 Å². The molecular weight excluding hydrogens is 419 g/mol. The molecule has 1 aromatic heterocycles. The van der Waals surface area contributed by atoms with Crippen LogP contribution in [-0.4, -0.2) is 35.9 Å². The second kappa shape index (κ2) is 7.13. The minimum atomic E-state index is -0.510. The van der Waals surface area contributed by atoms with E-state index in [4.69, 9.17) is 0 Å². The highest BCUT2D eigenvalue weighted by atomic mass is 19.1. The van der Waals surface area contributed by atoms with Crippen molar-refractivity contribution in [2.24, 2.45) is 0 Å². The molecule has 0 radical (unpaired) electrons. The molecule has 3 aromatic rings. The zero-order valence-corrected chi connectivity index (χ0v) is 18.4. The van der Waals surface area contributed by atoms with E-state index in [1.165, 1.54) is 11.0 Å². The van der Waals surface area contributed by atoms with Gasteiger partial charge in [0.05, 0.1) is 17.4 Å². The van der Waals surface area contributed by atoms with Crippen LogP contribution < -0.4 is 14.7 Å². The van der Waals surface area contributed by atoms with Crippen molar-refractivity contribution in [2.75, 3.05) is 21.7 Å². The number of carbonyl (C=O) groups is 2. The number of amides is 2. The molecule has 1 fully saturated rings. The molecule has 0 N–H and O–H groups in total. The molecule has 6 rings (SSSR count). The largest absolute Gasteiger partial charge is 0.355 e. The summed E-state index contributed by atoms with van der Waals surface area (Å²) in [4.78, 5) is 35.7. The van der Waals surface area contributed by atoms with Crippen molar-refractivity contribution in [2.45, 2.75) is 37.9 Å². The Balaban J connectivity index is 1.54. The second-order valence-corrected chi connectivity index (χ2v) is 8.96. The SMILES string of the molecule is CC1C(=O)N(C)c2c(F)cc(N3C(=O)c4ccccc4C3c3cccnc3)cc2N1C1CC1. The highest BCUT2D eigenvalue weighted by molar-refractivity contribution is 6.13. The first-order valence-electron chi connectivity index (χ1n) is 11.2. The van der Waals surface area contributed by atoms with Gasteiger partial charge in [-0.1, -0.05) is 24.3 Å². The van der Waals surface area contributed by atoms with E-state index in [-0.39, 0.29) is 29.6 Å². The molecule has 0 spiro atoms. The normalized spacial score (nSPS) is 22.0. The quantitative estimate of drug-likeness (QED) is 0.607. The molecule has 0 bridgehead atoms. The highest BCUT2D eigenvalue weighted by Gasteiger charge is 2.44. The first kappa shape index (κ1) is 19.9. The van der Waals surface area contributed by atoms with Crippen LogP contribution in [0.5, 0.6) is 0 Å². The van der Waals surface area contributed by atoms with E-state index >= 15 is 4.39 Å². The molecule has 2 aromatic carbocycles. The summed E-state index contributed by atoms with van der Waals surface area (Å²) in [5.74, 6) is -0.811. The van der Waals surface area contributed by atoms with Crippen LogP contribution in [0.2, 0.25) is 0 Å². The molecule has 0 saturated heterocycles. The molecule has 33 heavy (non-hydrogen) atoms. The Morgan fingerprint density at radius 2 is 1.85 bits per heavy atom. The van der Waals surface area contributed by atoms with Gasteiger partial charge < -0.3 is 9.80 Å². The Morgan fingerprint density at radius 1 is 1.06 bits per heavy atom. The molecule has 1 aliphatic carbocycles. The first-order chi connectivity index (χ1) is 16.0. The number of fused-ring (bicyclic) bond motifs is 2. The molecule has 7 heteroatoms. The highest BCUT2D eigenvalue weighted by Crippen LogP contribution is 2.48. The van der Waals surface area contributed by atoms with Gasteiger partial charge in [0, 0.05) is 31.0 Å². The number of hydrogen-bond acceptors (Lipinski definition) is 4. The van der Waals surface area contributed by atoms with Crippen LogP contribution in [0.1, 0.15) is 47.3 Å². The topological polar surface area (TPSA) is 56.8 Å². The van der Waals surface area contributed by atoms with Crippen molar-refractivity contribution in [3.05, 3.63) is 83.4 Å². The molecular formula is C26H23FN4O2. The van der Waals surface area contributed by atoms with Crippen LogP contribution in [0.25, 0.3) is 0 Å². The number of aromatic nitrogens is 1. The van der Waals surface area contributed by atoms with Gasteiger partial charge in [0.25, 0.3) is 5.91 Å². The minimum absolute atomic E-state index is 0.126. The Morgan fingerprint density at radius 3 is 2.58 bits per heavy atom. The number of likely N-dealkylation sites (N-methyl/N-ethyl adjacent to an activating group) is 1. The van der Waals surface area contributed by atoms with Crippen molar-refractivity contribution in [3.63, 3.8) is 0 Å². The Hall–Kier alpha value is -3.74. The first-order valence-corrected chi connectivity index (χ1v) is 11.2. The number of anilines is 3. The Kier molecular flexibility index (Phi) is 4.30. The zero-order chi connectivity index (χ0) is 22.9. The summed E-state index contributed by atoms with van der Waals surface area (Å²) in [6.45, 7) is 1.86. The zero-order valence-electron chi connectivity index (χ0n) is 18.4. The summed E-state index contributed by atoms with van der Waals surface area (Å²) in [5.41, 5.74) is 3.74. The maximum atomic E-state index is 15.6. The number of halogens is 1. The smallest absolute Gasteiger partial charge is 0.259 e. The van der Waals surface area contributed by atoms with Gasteiger partial charge in [-0.3, -0.25) is 19.5 Å². The van der Waals surface area contributed by atoms with E-state index in [1.807, 2.05) is 48.2 Å². The Labute approximate surface area is 191 Å². The van der Waals surface area contributed by atoms with Crippen LogP contribution in [0.3, 0.4) is 0 Å². The lowest BCUT2D eigenvalue weighted by Gasteiger charge is -2.41. The van der Waals surface area contributed by atoms with Crippen molar-refractivity contribution >= 4 is 28.9 Å². The van der Waals surface area contributed by atoms with Gasteiger partial charge in [-0.25, -0.2) is 4.39 Å². The van der Waals surface area contributed by atoms with Gasteiger partial charge in [-0.15, -0.1) is 0 Å². The molecule has 3 aliphatic rings. The van der Waals surface area contributed by atoms with Crippen molar-refractivity contribution in [3.8, 4) is 0 Å². The fraction of sp³-hybridized carbons (Fsp3) is 0.269. The van der Waals surface area contributed by atoms with Crippen LogP contribution in [0, 0.1) is 5.82 Å². The number of rotatable bonds is 3. The predicted octanol–water partition coefficient (Wildman–Crippen LogP) is 4.30. The third-order valence-corrected chi connectivity index (χ3v) is 6.93. The van der Waals surface area contributed by atoms with Crippen molar-refractivity contribution < 1.29 is 14.0 Å². The summed E-state index contributed by atoms with van der Waals surface area (Å²) in [5, 5.41) is 0. The van der Waals surface area contributed by atoms with E-state index in [1.54, 1.807) is 30.4 Å². The van der Waals surface area contributed by atoms with Gasteiger partial charge in [-0.05, 0) is 55.2 Å². The predicted molar refractivity (Wildman–Crippen MR) is 124 cm³/mol. The minimum Gasteiger partial charge on any atom is -0.355 e. The van der Waals surface area contributed by atoms with Gasteiger partial charge in [0.1, 0.15) is 11.7 Å². The molecule has 1 saturated carbocycles. The maximum Gasteiger partial charge on any atom is 0.259 e. The van der Waals surface area contributed by atoms with E-state index in [0.29, 0.717) is 16.9 Å². The number of nitrogens with zero attached hydrogens (tertiary/aromatic N) is 4. The molecule has 6 nitrogen and oxygen atoms in total. The number of carbonyl (C=O) groups excluding carboxylic acids is 2. The summed E-state index contributed by atoms with van der Waals surface area (Å²) < 4.78 is 15.6. The lowest BCUT2D eigenvalue weighted by atomic mass is 9.99.